The van der Waals surface area contributed by atoms with Crippen LogP contribution in [0.1, 0.15) is 47.5 Å². The van der Waals surface area contributed by atoms with Crippen molar-refractivity contribution in [3.8, 4) is 0 Å². The summed E-state index contributed by atoms with van der Waals surface area (Å²) in [6.45, 7) is 16.6. The third-order valence-electron chi connectivity index (χ3n) is 4.56. The van der Waals surface area contributed by atoms with E-state index in [2.05, 4.69) is 85.3 Å². The molecule has 0 aromatic heterocycles. The Morgan fingerprint density at radius 3 is 2.17 bits per heavy atom. The number of hydrogen-bond acceptors (Lipinski definition) is 1. The molecule has 0 saturated heterocycles. The van der Waals surface area contributed by atoms with Crippen LogP contribution in [0.3, 0.4) is 0 Å². The van der Waals surface area contributed by atoms with Crippen LogP contribution in [0.4, 0.5) is 0 Å². The molecule has 0 heterocycles. The van der Waals surface area contributed by atoms with Crippen LogP contribution in [0.25, 0.3) is 0 Å². The van der Waals surface area contributed by atoms with Crippen LogP contribution in [0.15, 0.2) is 21.2 Å². The van der Waals surface area contributed by atoms with E-state index in [0.29, 0.717) is 0 Å². The van der Waals surface area contributed by atoms with Crippen LogP contribution in [0, 0.1) is 5.41 Å². The van der Waals surface area contributed by atoms with Gasteiger partial charge < -0.3 is 0 Å². The van der Waals surface area contributed by atoms with Crippen LogP contribution in [0.5, 0.6) is 0 Å². The van der Waals surface area contributed by atoms with Crippen molar-refractivity contribution in [3.05, 3.63) is 21.2 Å². The van der Waals surface area contributed by atoms with Crippen molar-refractivity contribution >= 4 is 8.24 Å². The summed E-state index contributed by atoms with van der Waals surface area (Å²) in [5, 5.41) is 1.60. The van der Waals surface area contributed by atoms with Gasteiger partial charge in [0.05, 0.1) is 0 Å². The zero-order valence-electron chi connectivity index (χ0n) is 13.1. The maximum absolute atomic E-state index is 4.06. The van der Waals surface area contributed by atoms with Gasteiger partial charge in [0, 0.05) is 0 Å². The fraction of sp³-hybridized carbons (Fsp3) is 0.733. The number of hydrogen-bond donors (Lipinski definition) is 1. The summed E-state index contributed by atoms with van der Waals surface area (Å²) in [5.74, 6) is 0. The molecule has 101 valence electrons. The Balaban J connectivity index is 3.02. The van der Waals surface area contributed by atoms with E-state index in [9.17, 15) is 0 Å². The second-order valence-electron chi connectivity index (χ2n) is 7.18. The van der Waals surface area contributed by atoms with E-state index in [-0.39, 0.29) is 11.0 Å². The molecule has 0 fully saturated rings. The van der Waals surface area contributed by atoms with Crippen LogP contribution in [-0.4, -0.2) is 13.8 Å². The average Bonchev–Trinajstić information content (AvgIpc) is 2.62. The van der Waals surface area contributed by atoms with E-state index in [1.54, 1.807) is 9.07 Å². The third kappa shape index (κ3) is 3.27. The topological polar surface area (TPSA) is 12.0 Å². The minimum atomic E-state index is -1.56. The summed E-state index contributed by atoms with van der Waals surface area (Å²) in [4.78, 5) is 4.06. The first-order chi connectivity index (χ1) is 8.03. The normalized spacial score (nSPS) is 20.3. The van der Waals surface area contributed by atoms with Crippen molar-refractivity contribution < 1.29 is 20.4 Å². The average molecular weight is 298 g/mol. The maximum atomic E-state index is 4.06. The van der Waals surface area contributed by atoms with E-state index in [0.717, 1.165) is 6.42 Å². The van der Waals surface area contributed by atoms with Gasteiger partial charge in [-0.1, -0.05) is 0 Å². The van der Waals surface area contributed by atoms with E-state index in [1.165, 1.54) is 6.42 Å². The number of allylic oxidation sites excluding steroid dienone is 4. The molecule has 1 unspecified atom stereocenters. The third-order valence-corrected chi connectivity index (χ3v) is 8.68. The molecule has 1 nitrogen and oxygen atoms in total. The summed E-state index contributed by atoms with van der Waals surface area (Å²) in [6, 6.07) is 0. The first-order valence-electron chi connectivity index (χ1n) is 6.94. The number of rotatable bonds is 4. The van der Waals surface area contributed by atoms with Crippen LogP contribution in [0.2, 0.25) is 13.1 Å². The predicted octanol–water partition coefficient (Wildman–Crippen LogP) is 4.30. The van der Waals surface area contributed by atoms with Gasteiger partial charge in [-0.25, -0.2) is 0 Å². The van der Waals surface area contributed by atoms with Crippen molar-refractivity contribution in [3.63, 3.8) is 0 Å². The molecule has 3 heteroatoms. The molecule has 0 aromatic carbocycles. The van der Waals surface area contributed by atoms with Crippen molar-refractivity contribution in [2.24, 2.45) is 5.41 Å². The van der Waals surface area contributed by atoms with Crippen molar-refractivity contribution in [2.75, 3.05) is 0 Å². The Morgan fingerprint density at radius 2 is 1.83 bits per heavy atom. The molecule has 0 spiro atoms. The van der Waals surface area contributed by atoms with Gasteiger partial charge in [0.25, 0.3) is 0 Å². The van der Waals surface area contributed by atoms with Gasteiger partial charge in [-0.3, -0.25) is 0 Å². The summed E-state index contributed by atoms with van der Waals surface area (Å²) in [5.41, 5.74) is 0.481. The van der Waals surface area contributed by atoms with Gasteiger partial charge in [0.15, 0.2) is 0 Å². The zero-order chi connectivity index (χ0) is 14.2. The molecule has 0 radical (unpaired) electrons. The van der Waals surface area contributed by atoms with Gasteiger partial charge in [-0.2, -0.15) is 0 Å². The van der Waals surface area contributed by atoms with Gasteiger partial charge >= 0.3 is 126 Å². The summed E-state index contributed by atoms with van der Waals surface area (Å²) < 4.78 is 1.56. The summed E-state index contributed by atoms with van der Waals surface area (Å²) in [6.07, 6.45) is 6.98. The molecule has 0 bridgehead atoms. The fourth-order valence-electron chi connectivity index (χ4n) is 2.65. The Kier molecular flexibility index (Phi) is 4.92. The molecule has 1 aliphatic carbocycles. The molecule has 0 amide bonds. The van der Waals surface area contributed by atoms with Crippen molar-refractivity contribution in [2.45, 2.75) is 66.1 Å². The molecule has 1 aliphatic rings. The monoisotopic (exact) mass is 298 g/mol. The van der Waals surface area contributed by atoms with Crippen molar-refractivity contribution in [1.82, 2.24) is 4.98 Å². The van der Waals surface area contributed by atoms with Gasteiger partial charge in [0.2, 0.25) is 0 Å². The summed E-state index contributed by atoms with van der Waals surface area (Å²) >= 11 is 2.28. The molecule has 1 atom stereocenters. The Hall–Kier alpha value is 0.371. The van der Waals surface area contributed by atoms with E-state index < -0.39 is 8.24 Å². The first kappa shape index (κ1) is 16.4. The van der Waals surface area contributed by atoms with Crippen LogP contribution >= 0.6 is 0 Å². The van der Waals surface area contributed by atoms with Gasteiger partial charge in [-0.05, 0) is 0 Å². The standard InChI is InChI=1S/C15H28NSi.Ti/c1-8-15(5,14(2,3)4)16-17(6,7)13-11-9-10-12-13;/h9,11,16H,8,10H2,1-7H3;. The van der Waals surface area contributed by atoms with Crippen molar-refractivity contribution in [1.29, 1.82) is 0 Å². The minimum absolute atomic E-state index is 0.201. The molecule has 0 aliphatic heterocycles. The quantitative estimate of drug-likeness (QED) is 0.763. The molecule has 18 heavy (non-hydrogen) atoms. The molecule has 1 N–H and O–H groups in total. The zero-order valence-corrected chi connectivity index (χ0v) is 15.6. The molecular formula is C15H28NSiTi. The van der Waals surface area contributed by atoms with E-state index in [1.807, 2.05) is 0 Å². The summed E-state index contributed by atoms with van der Waals surface area (Å²) in [7, 11) is -1.56. The second-order valence-corrected chi connectivity index (χ2v) is 12.2. The molecule has 0 saturated carbocycles. The SMILES string of the molecule is CCC(C)(N[Si](C)(C)C1=[C]([Ti])CC=C1)C(C)(C)C. The molecular weight excluding hydrogens is 270 g/mol. The van der Waals surface area contributed by atoms with Gasteiger partial charge in [-0.15, -0.1) is 0 Å². The first-order valence-corrected chi connectivity index (χ1v) is 10.7. The molecule has 1 rings (SSSR count). The van der Waals surface area contributed by atoms with Crippen LogP contribution in [-0.2, 0) is 20.4 Å². The Labute approximate surface area is 126 Å². The molecule has 0 aromatic rings. The van der Waals surface area contributed by atoms with Crippen LogP contribution < -0.4 is 4.98 Å². The second kappa shape index (κ2) is 5.40. The van der Waals surface area contributed by atoms with Gasteiger partial charge in [0.1, 0.15) is 0 Å². The fourth-order valence-corrected chi connectivity index (χ4v) is 7.89. The Bertz CT molecular complexity index is 376. The number of nitrogens with one attached hydrogen (secondary N) is 1. The Morgan fingerprint density at radius 1 is 1.28 bits per heavy atom. The van der Waals surface area contributed by atoms with E-state index in [4.69, 9.17) is 0 Å². The predicted molar refractivity (Wildman–Crippen MR) is 79.6 cm³/mol. The van der Waals surface area contributed by atoms with E-state index >= 15 is 0 Å².